The minimum atomic E-state index is -0.210. The molecule has 1 amide bonds. The van der Waals surface area contributed by atoms with Crippen LogP contribution in [0.25, 0.3) is 0 Å². The molecule has 0 radical (unpaired) electrons. The Kier molecular flexibility index (Phi) is 8.01. The number of hydrogen-bond acceptors (Lipinski definition) is 3. The number of hydrogen-bond donors (Lipinski definition) is 2. The number of aliphatic imine (C=N–C) groups is 1. The lowest BCUT2D eigenvalue weighted by molar-refractivity contribution is -0.134. The van der Waals surface area contributed by atoms with Gasteiger partial charge < -0.3 is 15.5 Å². The van der Waals surface area contributed by atoms with Gasteiger partial charge in [0.15, 0.2) is 5.96 Å². The van der Waals surface area contributed by atoms with Crippen LogP contribution in [0, 0.1) is 11.7 Å². The van der Waals surface area contributed by atoms with Crippen molar-refractivity contribution in [1.29, 1.82) is 0 Å². The van der Waals surface area contributed by atoms with Crippen LogP contribution in [-0.2, 0) is 4.79 Å². The monoisotopic (exact) mass is 406 g/mol. The molecule has 5 nitrogen and oxygen atoms in total. The number of rotatable bonds is 7. The van der Waals surface area contributed by atoms with Gasteiger partial charge in [-0.25, -0.2) is 4.39 Å². The second-order valence-corrected chi connectivity index (χ2v) is 8.63. The van der Waals surface area contributed by atoms with Crippen molar-refractivity contribution in [2.45, 2.75) is 50.0 Å². The summed E-state index contributed by atoms with van der Waals surface area (Å²) in [5.41, 5.74) is 0. The average Bonchev–Trinajstić information content (AvgIpc) is 3.38. The third-order valence-electron chi connectivity index (χ3n) is 5.33. The van der Waals surface area contributed by atoms with Crippen LogP contribution < -0.4 is 10.6 Å². The molecule has 1 unspecified atom stereocenters. The summed E-state index contributed by atoms with van der Waals surface area (Å²) in [7, 11) is 0. The third-order valence-corrected chi connectivity index (χ3v) is 6.33. The fourth-order valence-electron chi connectivity index (χ4n) is 3.87. The molecule has 1 aliphatic carbocycles. The van der Waals surface area contributed by atoms with Gasteiger partial charge in [0.2, 0.25) is 5.91 Å². The van der Waals surface area contributed by atoms with E-state index in [2.05, 4.69) is 22.5 Å². The van der Waals surface area contributed by atoms with Crippen molar-refractivity contribution < 1.29 is 9.18 Å². The fourth-order valence-corrected chi connectivity index (χ4v) is 4.62. The summed E-state index contributed by atoms with van der Waals surface area (Å²) in [4.78, 5) is 20.3. The zero-order valence-electron chi connectivity index (χ0n) is 16.6. The molecule has 1 aromatic carbocycles. The summed E-state index contributed by atoms with van der Waals surface area (Å²) in [5.74, 6) is 2.03. The van der Waals surface area contributed by atoms with Crippen molar-refractivity contribution in [2.24, 2.45) is 10.9 Å². The van der Waals surface area contributed by atoms with Gasteiger partial charge in [0, 0.05) is 42.2 Å². The Morgan fingerprint density at radius 1 is 1.25 bits per heavy atom. The van der Waals surface area contributed by atoms with Gasteiger partial charge >= 0.3 is 0 Å². The standard InChI is InChI=1S/C21H31FN4OS/c1-2-23-21(24-12-14-28-19-9-7-17(22)8-10-19)25-18-11-13-26(15-18)20(27)16-5-3-4-6-16/h7-10,16,18H,2-6,11-15H2,1H3,(H2,23,24,25). The minimum absolute atomic E-state index is 0.210. The Balaban J connectivity index is 1.43. The number of benzene rings is 1. The minimum Gasteiger partial charge on any atom is -0.357 e. The number of guanidine groups is 1. The maximum atomic E-state index is 13.0. The molecule has 1 aliphatic heterocycles. The van der Waals surface area contributed by atoms with Crippen LogP contribution in [0.5, 0.6) is 0 Å². The largest absolute Gasteiger partial charge is 0.357 e. The van der Waals surface area contributed by atoms with Crippen LogP contribution in [0.4, 0.5) is 4.39 Å². The molecule has 1 atom stereocenters. The second-order valence-electron chi connectivity index (χ2n) is 7.46. The van der Waals surface area contributed by atoms with Crippen molar-refractivity contribution in [3.63, 3.8) is 0 Å². The van der Waals surface area contributed by atoms with Gasteiger partial charge in [-0.2, -0.15) is 0 Å². The SMILES string of the molecule is CCNC(=NCCSc1ccc(F)cc1)NC1CCN(C(=O)C2CCCC2)C1. The number of halogens is 1. The van der Waals surface area contributed by atoms with Gasteiger partial charge in [0.05, 0.1) is 6.54 Å². The van der Waals surface area contributed by atoms with Crippen LogP contribution in [-0.4, -0.2) is 54.7 Å². The van der Waals surface area contributed by atoms with Gasteiger partial charge in [-0.1, -0.05) is 12.8 Å². The first kappa shape index (κ1) is 21.0. The van der Waals surface area contributed by atoms with Crippen molar-refractivity contribution in [2.75, 3.05) is 31.9 Å². The van der Waals surface area contributed by atoms with E-state index in [1.165, 1.54) is 25.0 Å². The number of carbonyl (C=O) groups excluding carboxylic acids is 1. The molecular formula is C21H31FN4OS. The second kappa shape index (κ2) is 10.7. The molecule has 2 fully saturated rings. The van der Waals surface area contributed by atoms with E-state index in [4.69, 9.17) is 0 Å². The van der Waals surface area contributed by atoms with Gasteiger partial charge in [-0.15, -0.1) is 11.8 Å². The van der Waals surface area contributed by atoms with Crippen LogP contribution >= 0.6 is 11.8 Å². The van der Waals surface area contributed by atoms with E-state index in [1.807, 2.05) is 4.90 Å². The van der Waals surface area contributed by atoms with E-state index >= 15 is 0 Å². The Morgan fingerprint density at radius 3 is 2.71 bits per heavy atom. The summed E-state index contributed by atoms with van der Waals surface area (Å²) in [6.07, 6.45) is 5.47. The highest BCUT2D eigenvalue weighted by molar-refractivity contribution is 7.99. The predicted molar refractivity (Wildman–Crippen MR) is 113 cm³/mol. The maximum Gasteiger partial charge on any atom is 0.225 e. The molecule has 1 saturated carbocycles. The third kappa shape index (κ3) is 6.12. The molecule has 7 heteroatoms. The highest BCUT2D eigenvalue weighted by Gasteiger charge is 2.32. The molecule has 1 aromatic rings. The summed E-state index contributed by atoms with van der Waals surface area (Å²) in [5, 5.41) is 6.78. The molecule has 3 rings (SSSR count). The normalized spacial score (nSPS) is 20.6. The fraction of sp³-hybridized carbons (Fsp3) is 0.619. The lowest BCUT2D eigenvalue weighted by Gasteiger charge is -2.21. The van der Waals surface area contributed by atoms with Crippen LogP contribution in [0.2, 0.25) is 0 Å². The van der Waals surface area contributed by atoms with Crippen molar-refractivity contribution >= 4 is 23.6 Å². The summed E-state index contributed by atoms with van der Waals surface area (Å²) in [6.45, 7) is 5.13. The first-order valence-corrected chi connectivity index (χ1v) is 11.4. The van der Waals surface area contributed by atoms with Crippen LogP contribution in [0.3, 0.4) is 0 Å². The summed E-state index contributed by atoms with van der Waals surface area (Å²) < 4.78 is 13.0. The molecule has 0 aromatic heterocycles. The Labute approximate surface area is 171 Å². The predicted octanol–water partition coefficient (Wildman–Crippen LogP) is 3.26. The van der Waals surface area contributed by atoms with Gasteiger partial charge in [-0.3, -0.25) is 9.79 Å². The van der Waals surface area contributed by atoms with Gasteiger partial charge in [0.25, 0.3) is 0 Å². The van der Waals surface area contributed by atoms with E-state index < -0.39 is 0 Å². The molecular weight excluding hydrogens is 375 g/mol. The van der Waals surface area contributed by atoms with Crippen molar-refractivity contribution in [3.8, 4) is 0 Å². The first-order valence-electron chi connectivity index (χ1n) is 10.4. The van der Waals surface area contributed by atoms with E-state index in [9.17, 15) is 9.18 Å². The number of likely N-dealkylation sites (tertiary alicyclic amines) is 1. The highest BCUT2D eigenvalue weighted by Crippen LogP contribution is 2.27. The molecule has 0 spiro atoms. The molecule has 2 N–H and O–H groups in total. The van der Waals surface area contributed by atoms with Crippen molar-refractivity contribution in [3.05, 3.63) is 30.1 Å². The number of amides is 1. The number of nitrogens with zero attached hydrogens (tertiary/aromatic N) is 2. The number of nitrogens with one attached hydrogen (secondary N) is 2. The Hall–Kier alpha value is -1.76. The highest BCUT2D eigenvalue weighted by atomic mass is 32.2. The molecule has 0 bridgehead atoms. The molecule has 2 aliphatic rings. The van der Waals surface area contributed by atoms with E-state index in [0.717, 1.165) is 55.5 Å². The lowest BCUT2D eigenvalue weighted by Crippen LogP contribution is -2.45. The Bertz CT molecular complexity index is 661. The van der Waals surface area contributed by atoms with Crippen LogP contribution in [0.15, 0.2) is 34.2 Å². The quantitative estimate of drug-likeness (QED) is 0.316. The van der Waals surface area contributed by atoms with E-state index in [0.29, 0.717) is 12.5 Å². The smallest absolute Gasteiger partial charge is 0.225 e. The lowest BCUT2D eigenvalue weighted by atomic mass is 10.1. The number of carbonyl (C=O) groups is 1. The van der Waals surface area contributed by atoms with E-state index in [1.54, 1.807) is 23.9 Å². The zero-order valence-corrected chi connectivity index (χ0v) is 17.4. The maximum absolute atomic E-state index is 13.0. The van der Waals surface area contributed by atoms with Crippen LogP contribution in [0.1, 0.15) is 39.0 Å². The molecule has 1 heterocycles. The topological polar surface area (TPSA) is 56.7 Å². The van der Waals surface area contributed by atoms with Gasteiger partial charge in [-0.05, 0) is 50.5 Å². The summed E-state index contributed by atoms with van der Waals surface area (Å²) in [6, 6.07) is 6.81. The van der Waals surface area contributed by atoms with Gasteiger partial charge in [0.1, 0.15) is 5.82 Å². The molecule has 1 saturated heterocycles. The first-order chi connectivity index (χ1) is 13.7. The average molecular weight is 407 g/mol. The van der Waals surface area contributed by atoms with Crippen molar-refractivity contribution in [1.82, 2.24) is 15.5 Å². The van der Waals surface area contributed by atoms with E-state index in [-0.39, 0.29) is 17.8 Å². The number of thioether (sulfide) groups is 1. The Morgan fingerprint density at radius 2 is 2.00 bits per heavy atom. The molecule has 28 heavy (non-hydrogen) atoms. The zero-order chi connectivity index (χ0) is 19.8. The molecule has 154 valence electrons. The summed E-state index contributed by atoms with van der Waals surface area (Å²) >= 11 is 1.67.